The number of aliphatic hydroxyl groups is 3. The average Bonchev–Trinajstić information content (AvgIpc) is 2.65. The highest BCUT2D eigenvalue weighted by Gasteiger charge is 2.57. The molecule has 0 aromatic carbocycles. The molecule has 0 saturated heterocycles. The second kappa shape index (κ2) is 8.39. The van der Waals surface area contributed by atoms with Gasteiger partial charge < -0.3 is 24.8 Å². The van der Waals surface area contributed by atoms with Gasteiger partial charge in [-0.2, -0.15) is 0 Å². The molecule has 1 fully saturated rings. The predicted octanol–water partition coefficient (Wildman–Crippen LogP) is 1.60. The maximum atomic E-state index is 14.1. The predicted molar refractivity (Wildman–Crippen MR) is 114 cm³/mol. The number of esters is 2. The van der Waals surface area contributed by atoms with Crippen molar-refractivity contribution in [3.05, 3.63) is 22.8 Å². The van der Waals surface area contributed by atoms with Gasteiger partial charge in [0.25, 0.3) is 0 Å². The zero-order valence-corrected chi connectivity index (χ0v) is 19.5. The lowest BCUT2D eigenvalue weighted by atomic mass is 9.57. The Balaban J connectivity index is 2.29. The molecule has 0 aliphatic heterocycles. The van der Waals surface area contributed by atoms with Crippen molar-refractivity contribution in [2.45, 2.75) is 91.3 Å². The van der Waals surface area contributed by atoms with Gasteiger partial charge in [0.05, 0.1) is 23.7 Å². The normalized spacial score (nSPS) is 39.2. The Morgan fingerprint density at radius 2 is 1.59 bits per heavy atom. The molecule has 0 amide bonds. The minimum atomic E-state index is -1.31. The van der Waals surface area contributed by atoms with Crippen LogP contribution in [0.15, 0.2) is 22.8 Å². The average molecular weight is 451 g/mol. The summed E-state index contributed by atoms with van der Waals surface area (Å²) in [5, 5.41) is 32.7. The van der Waals surface area contributed by atoms with Gasteiger partial charge in [-0.05, 0) is 48.8 Å². The van der Waals surface area contributed by atoms with Crippen molar-refractivity contribution in [3.8, 4) is 0 Å². The molecule has 7 atom stereocenters. The Bertz CT molecular complexity index is 884. The van der Waals surface area contributed by atoms with E-state index in [1.165, 1.54) is 13.8 Å². The summed E-state index contributed by atoms with van der Waals surface area (Å²) in [4.78, 5) is 38.0. The molecular weight excluding hydrogens is 416 g/mol. The monoisotopic (exact) mass is 450 g/mol. The number of fused-ring (bicyclic) bond motifs is 4. The van der Waals surface area contributed by atoms with E-state index in [4.69, 9.17) is 9.47 Å². The second-order valence-corrected chi connectivity index (χ2v) is 10.2. The van der Waals surface area contributed by atoms with Gasteiger partial charge >= 0.3 is 11.9 Å². The van der Waals surface area contributed by atoms with Crippen molar-refractivity contribution in [3.63, 3.8) is 0 Å². The van der Waals surface area contributed by atoms with E-state index >= 15 is 0 Å². The molecule has 4 bridgehead atoms. The Labute approximate surface area is 188 Å². The third kappa shape index (κ3) is 4.04. The molecule has 3 N–H and O–H groups in total. The van der Waals surface area contributed by atoms with Crippen molar-refractivity contribution in [2.24, 2.45) is 16.7 Å². The number of rotatable bonds is 2. The summed E-state index contributed by atoms with van der Waals surface area (Å²) in [7, 11) is 0. The fourth-order valence-electron chi connectivity index (χ4n) is 5.82. The summed E-state index contributed by atoms with van der Waals surface area (Å²) in [5.74, 6) is -2.18. The molecule has 8 heteroatoms. The van der Waals surface area contributed by atoms with E-state index in [9.17, 15) is 29.7 Å². The maximum absolute atomic E-state index is 14.1. The molecule has 8 nitrogen and oxygen atoms in total. The van der Waals surface area contributed by atoms with Crippen LogP contribution in [0.25, 0.3) is 0 Å². The Kier molecular flexibility index (Phi) is 6.45. The molecule has 0 heterocycles. The number of carbonyl (C=O) groups is 3. The smallest absolute Gasteiger partial charge is 0.303 e. The summed E-state index contributed by atoms with van der Waals surface area (Å²) in [5.41, 5.74) is -0.648. The number of hydrogen-bond donors (Lipinski definition) is 3. The second-order valence-electron chi connectivity index (χ2n) is 10.2. The maximum Gasteiger partial charge on any atom is 0.303 e. The summed E-state index contributed by atoms with van der Waals surface area (Å²) in [6, 6.07) is 0. The van der Waals surface area contributed by atoms with Crippen LogP contribution in [0.5, 0.6) is 0 Å². The molecular formula is C24H34O8. The van der Waals surface area contributed by atoms with Crippen LogP contribution in [0.2, 0.25) is 0 Å². The van der Waals surface area contributed by atoms with Gasteiger partial charge in [-0.25, -0.2) is 0 Å². The first-order chi connectivity index (χ1) is 14.7. The van der Waals surface area contributed by atoms with E-state index < -0.39 is 65.0 Å². The SMILES string of the molecule is CC(=O)OC1C(=O)C2(C)CC(=CC(O)C3CC(O)C(C)=C1C3(C)C)C(O)CC2OC(C)=O. The molecule has 3 rings (SSSR count). The minimum absolute atomic E-state index is 0.0120. The highest BCUT2D eigenvalue weighted by Crippen LogP contribution is 2.52. The van der Waals surface area contributed by atoms with E-state index in [-0.39, 0.29) is 19.3 Å². The minimum Gasteiger partial charge on any atom is -0.461 e. The number of aliphatic hydroxyl groups excluding tert-OH is 3. The van der Waals surface area contributed by atoms with Crippen LogP contribution in [0.3, 0.4) is 0 Å². The van der Waals surface area contributed by atoms with Gasteiger partial charge in [0.2, 0.25) is 0 Å². The quantitative estimate of drug-likeness (QED) is 0.427. The number of hydrogen-bond acceptors (Lipinski definition) is 8. The van der Waals surface area contributed by atoms with Crippen molar-refractivity contribution in [1.29, 1.82) is 0 Å². The highest BCUT2D eigenvalue weighted by molar-refractivity contribution is 5.94. The molecule has 0 aromatic heterocycles. The van der Waals surface area contributed by atoms with E-state index in [1.807, 2.05) is 13.8 Å². The Morgan fingerprint density at radius 1 is 1.00 bits per heavy atom. The van der Waals surface area contributed by atoms with E-state index in [2.05, 4.69) is 0 Å². The number of ketones is 1. The summed E-state index contributed by atoms with van der Waals surface area (Å²) in [6.45, 7) is 9.49. The van der Waals surface area contributed by atoms with E-state index in [0.717, 1.165) is 0 Å². The summed E-state index contributed by atoms with van der Waals surface area (Å²) < 4.78 is 11.0. The molecule has 1 saturated carbocycles. The first kappa shape index (κ1) is 24.6. The van der Waals surface area contributed by atoms with Crippen LogP contribution in [0.1, 0.15) is 60.8 Å². The summed E-state index contributed by atoms with van der Waals surface area (Å²) in [6.07, 6.45) is -3.33. The molecule has 0 spiro atoms. The molecule has 3 aliphatic carbocycles. The highest BCUT2D eigenvalue weighted by atomic mass is 16.6. The van der Waals surface area contributed by atoms with Gasteiger partial charge in [-0.15, -0.1) is 0 Å². The van der Waals surface area contributed by atoms with Gasteiger partial charge in [-0.1, -0.05) is 19.9 Å². The molecule has 32 heavy (non-hydrogen) atoms. The van der Waals surface area contributed by atoms with Crippen molar-refractivity contribution >= 4 is 17.7 Å². The van der Waals surface area contributed by atoms with Gasteiger partial charge in [0.15, 0.2) is 11.9 Å². The van der Waals surface area contributed by atoms with E-state index in [1.54, 1.807) is 19.9 Å². The van der Waals surface area contributed by atoms with Gasteiger partial charge in [0, 0.05) is 26.2 Å². The van der Waals surface area contributed by atoms with Crippen LogP contribution in [-0.4, -0.2) is 63.6 Å². The zero-order valence-electron chi connectivity index (χ0n) is 19.5. The molecule has 178 valence electrons. The number of ether oxygens (including phenoxy) is 2. The van der Waals surface area contributed by atoms with E-state index in [0.29, 0.717) is 16.7 Å². The first-order valence-electron chi connectivity index (χ1n) is 11.0. The topological polar surface area (TPSA) is 130 Å². The largest absolute Gasteiger partial charge is 0.461 e. The Morgan fingerprint density at radius 3 is 2.16 bits per heavy atom. The van der Waals surface area contributed by atoms with Crippen LogP contribution in [0.4, 0.5) is 0 Å². The molecule has 3 aliphatic rings. The fraction of sp³-hybridized carbons (Fsp3) is 0.708. The summed E-state index contributed by atoms with van der Waals surface area (Å²) >= 11 is 0. The zero-order chi connectivity index (χ0) is 24.2. The molecule has 0 radical (unpaired) electrons. The van der Waals surface area contributed by atoms with Crippen LogP contribution < -0.4 is 0 Å². The van der Waals surface area contributed by atoms with Crippen LogP contribution in [0, 0.1) is 16.7 Å². The van der Waals surface area contributed by atoms with Gasteiger partial charge in [-0.3, -0.25) is 14.4 Å². The lowest BCUT2D eigenvalue weighted by Crippen LogP contribution is -2.56. The lowest BCUT2D eigenvalue weighted by Gasteiger charge is -2.50. The van der Waals surface area contributed by atoms with Crippen molar-refractivity contribution in [1.82, 2.24) is 0 Å². The van der Waals surface area contributed by atoms with Crippen LogP contribution in [-0.2, 0) is 23.9 Å². The number of Topliss-reactive ketones (excluding diaryl/α,β-unsaturated/α-hetero) is 1. The van der Waals surface area contributed by atoms with Crippen LogP contribution >= 0.6 is 0 Å². The lowest BCUT2D eigenvalue weighted by molar-refractivity contribution is -0.170. The van der Waals surface area contributed by atoms with Crippen molar-refractivity contribution in [2.75, 3.05) is 0 Å². The fourth-order valence-corrected chi connectivity index (χ4v) is 5.82. The third-order valence-electron chi connectivity index (χ3n) is 7.62. The van der Waals surface area contributed by atoms with Crippen molar-refractivity contribution < 1.29 is 39.2 Å². The molecule has 7 unspecified atom stereocenters. The third-order valence-corrected chi connectivity index (χ3v) is 7.62. The first-order valence-corrected chi connectivity index (χ1v) is 11.0. The standard InChI is InChI=1S/C24H34O8/c1-11-16(27)8-15-18(29)7-14-10-24(6,19(9-17(14)28)31-12(2)25)22(30)21(32-13(3)26)20(11)23(15,4)5/h7,15-19,21,27-29H,8-10H2,1-6H3. The number of carbonyl (C=O) groups excluding carboxylic acids is 3. The molecule has 0 aromatic rings. The Hall–Kier alpha value is -2.03. The van der Waals surface area contributed by atoms with Gasteiger partial charge in [0.1, 0.15) is 6.10 Å².